The maximum Gasteiger partial charge on any atom is 0.230 e. The standard InChI is InChI=1S/C29H27F2N7O3S/c1-19(39)38(26-16-21(30)11-12-23(26)31)29-34-24-9-4-5-10-25(24)37(29)18-36(2)27-13-14-32-28(35-27)33-22-8-6-7-20(15-22)17-42(3,40)41/h4-16H,17-18H2,1-3H3,(H,32,33,35). The van der Waals surface area contributed by atoms with Crippen LogP contribution in [0.3, 0.4) is 0 Å². The van der Waals surface area contributed by atoms with Crippen molar-refractivity contribution in [1.82, 2.24) is 19.5 Å². The van der Waals surface area contributed by atoms with Crippen LogP contribution in [0.2, 0.25) is 0 Å². The Labute approximate surface area is 241 Å². The fourth-order valence-electron chi connectivity index (χ4n) is 4.53. The number of fused-ring (bicyclic) bond motifs is 1. The molecule has 0 unspecified atom stereocenters. The lowest BCUT2D eigenvalue weighted by atomic mass is 10.2. The van der Waals surface area contributed by atoms with Gasteiger partial charge >= 0.3 is 0 Å². The molecule has 0 aliphatic heterocycles. The van der Waals surface area contributed by atoms with Crippen molar-refractivity contribution in [2.45, 2.75) is 19.3 Å². The van der Waals surface area contributed by atoms with Crippen molar-refractivity contribution in [2.24, 2.45) is 0 Å². The summed E-state index contributed by atoms with van der Waals surface area (Å²) in [5.74, 6) is -1.22. The number of sulfone groups is 1. The number of amides is 1. The summed E-state index contributed by atoms with van der Waals surface area (Å²) in [7, 11) is -1.42. The zero-order valence-corrected chi connectivity index (χ0v) is 23.8. The van der Waals surface area contributed by atoms with E-state index in [0.717, 1.165) is 23.1 Å². The molecule has 2 aromatic heterocycles. The lowest BCUT2D eigenvalue weighted by Crippen LogP contribution is -2.30. The van der Waals surface area contributed by atoms with Crippen LogP contribution < -0.4 is 15.1 Å². The number of carbonyl (C=O) groups is 1. The van der Waals surface area contributed by atoms with Gasteiger partial charge in [-0.05, 0) is 48.0 Å². The molecule has 216 valence electrons. The molecule has 5 rings (SSSR count). The van der Waals surface area contributed by atoms with Crippen LogP contribution in [0.4, 0.5) is 37.9 Å². The molecule has 5 aromatic rings. The van der Waals surface area contributed by atoms with Gasteiger partial charge in [0.05, 0.1) is 29.1 Å². The van der Waals surface area contributed by atoms with Crippen LogP contribution in [0.1, 0.15) is 12.5 Å². The summed E-state index contributed by atoms with van der Waals surface area (Å²) in [4.78, 5) is 29.1. The minimum Gasteiger partial charge on any atom is -0.341 e. The summed E-state index contributed by atoms with van der Waals surface area (Å²) in [5.41, 5.74) is 2.21. The van der Waals surface area contributed by atoms with E-state index in [1.54, 1.807) is 65.2 Å². The highest BCUT2D eigenvalue weighted by Gasteiger charge is 2.26. The van der Waals surface area contributed by atoms with E-state index in [9.17, 15) is 22.0 Å². The largest absolute Gasteiger partial charge is 0.341 e. The summed E-state index contributed by atoms with van der Waals surface area (Å²) >= 11 is 0. The highest BCUT2D eigenvalue weighted by atomic mass is 32.2. The Kier molecular flexibility index (Phi) is 7.85. The molecule has 13 heteroatoms. The number of nitrogens with one attached hydrogen (secondary N) is 1. The highest BCUT2D eigenvalue weighted by molar-refractivity contribution is 7.89. The maximum absolute atomic E-state index is 14.8. The number of anilines is 5. The summed E-state index contributed by atoms with van der Waals surface area (Å²) in [6.07, 6.45) is 2.74. The van der Waals surface area contributed by atoms with E-state index < -0.39 is 27.4 Å². The second-order valence-electron chi connectivity index (χ2n) is 9.75. The molecule has 3 aromatic carbocycles. The number of hydrogen-bond acceptors (Lipinski definition) is 8. The Bertz CT molecular complexity index is 1900. The highest BCUT2D eigenvalue weighted by Crippen LogP contribution is 2.32. The molecule has 0 radical (unpaired) electrons. The van der Waals surface area contributed by atoms with E-state index in [1.807, 2.05) is 12.1 Å². The van der Waals surface area contributed by atoms with Gasteiger partial charge in [0, 0.05) is 38.2 Å². The topological polar surface area (TPSA) is 113 Å². The van der Waals surface area contributed by atoms with Gasteiger partial charge in [0.25, 0.3) is 0 Å². The molecule has 0 aliphatic rings. The van der Waals surface area contributed by atoms with Gasteiger partial charge < -0.3 is 10.2 Å². The van der Waals surface area contributed by atoms with Gasteiger partial charge in [0.2, 0.25) is 17.8 Å². The average molecular weight is 592 g/mol. The van der Waals surface area contributed by atoms with Gasteiger partial charge in [-0.3, -0.25) is 9.36 Å². The lowest BCUT2D eigenvalue weighted by Gasteiger charge is -2.25. The zero-order valence-electron chi connectivity index (χ0n) is 23.0. The van der Waals surface area contributed by atoms with Crippen molar-refractivity contribution in [3.8, 4) is 0 Å². The van der Waals surface area contributed by atoms with Crippen LogP contribution in [0, 0.1) is 11.6 Å². The van der Waals surface area contributed by atoms with Crippen LogP contribution in [0.25, 0.3) is 11.0 Å². The zero-order chi connectivity index (χ0) is 30.0. The van der Waals surface area contributed by atoms with Gasteiger partial charge in [0.1, 0.15) is 17.5 Å². The third kappa shape index (κ3) is 6.36. The molecule has 0 saturated carbocycles. The number of aromatic nitrogens is 4. The molecule has 2 heterocycles. The van der Waals surface area contributed by atoms with Crippen LogP contribution >= 0.6 is 0 Å². The second kappa shape index (κ2) is 11.5. The summed E-state index contributed by atoms with van der Waals surface area (Å²) in [5, 5.41) is 3.10. The molecular weight excluding hydrogens is 564 g/mol. The molecule has 0 bridgehead atoms. The van der Waals surface area contributed by atoms with Crippen LogP contribution in [-0.4, -0.2) is 47.1 Å². The molecule has 1 amide bonds. The monoisotopic (exact) mass is 591 g/mol. The molecule has 0 fully saturated rings. The van der Waals surface area contributed by atoms with E-state index in [4.69, 9.17) is 0 Å². The molecular formula is C29H27F2N7O3S. The van der Waals surface area contributed by atoms with E-state index >= 15 is 0 Å². The van der Waals surface area contributed by atoms with Crippen molar-refractivity contribution < 1.29 is 22.0 Å². The normalized spacial score (nSPS) is 11.5. The fraction of sp³-hybridized carbons (Fsp3) is 0.172. The fourth-order valence-corrected chi connectivity index (χ4v) is 5.31. The number of benzene rings is 3. The molecule has 42 heavy (non-hydrogen) atoms. The van der Waals surface area contributed by atoms with Crippen molar-refractivity contribution in [2.75, 3.05) is 28.4 Å². The minimum absolute atomic E-state index is 0.0931. The van der Waals surface area contributed by atoms with Crippen LogP contribution in [0.5, 0.6) is 0 Å². The van der Waals surface area contributed by atoms with Gasteiger partial charge in [-0.1, -0.05) is 24.3 Å². The number of nitrogens with zero attached hydrogens (tertiary/aromatic N) is 6. The molecule has 0 saturated heterocycles. The van der Waals surface area contributed by atoms with E-state index in [0.29, 0.717) is 28.1 Å². The average Bonchev–Trinajstić information content (AvgIpc) is 3.27. The summed E-state index contributed by atoms with van der Waals surface area (Å²) < 4.78 is 54.1. The first-order valence-corrected chi connectivity index (χ1v) is 14.8. The second-order valence-corrected chi connectivity index (χ2v) is 11.9. The predicted molar refractivity (Wildman–Crippen MR) is 158 cm³/mol. The Morgan fingerprint density at radius 1 is 1.00 bits per heavy atom. The quantitative estimate of drug-likeness (QED) is 0.250. The summed E-state index contributed by atoms with van der Waals surface area (Å²) in [6, 6.07) is 18.7. The predicted octanol–water partition coefficient (Wildman–Crippen LogP) is 5.17. The van der Waals surface area contributed by atoms with Crippen molar-refractivity contribution in [3.63, 3.8) is 0 Å². The number of carbonyl (C=O) groups excluding carboxylic acids is 1. The van der Waals surface area contributed by atoms with Crippen molar-refractivity contribution in [3.05, 3.63) is 96.2 Å². The first-order valence-electron chi connectivity index (χ1n) is 12.8. The van der Waals surface area contributed by atoms with Crippen LogP contribution in [-0.2, 0) is 27.1 Å². The SMILES string of the molecule is CC(=O)N(c1cc(F)ccc1F)c1nc2ccccc2n1CN(C)c1ccnc(Nc2cccc(CS(C)(=O)=O)c2)n1. The van der Waals surface area contributed by atoms with Crippen molar-refractivity contribution >= 4 is 55.9 Å². The first-order chi connectivity index (χ1) is 20.0. The van der Waals surface area contributed by atoms with Gasteiger partial charge in [-0.15, -0.1) is 0 Å². The number of halogens is 2. The maximum atomic E-state index is 14.8. The van der Waals surface area contributed by atoms with Gasteiger partial charge in [-0.25, -0.2) is 32.1 Å². The Morgan fingerprint density at radius 3 is 2.55 bits per heavy atom. The number of imidazole rings is 1. The smallest absolute Gasteiger partial charge is 0.230 e. The van der Waals surface area contributed by atoms with E-state index in [1.165, 1.54) is 13.2 Å². The minimum atomic E-state index is -3.20. The Balaban J connectivity index is 1.48. The molecule has 1 N–H and O–H groups in total. The molecule has 10 nitrogen and oxygen atoms in total. The molecule has 0 atom stereocenters. The third-order valence-corrected chi connectivity index (χ3v) is 7.15. The first kappa shape index (κ1) is 28.6. The summed E-state index contributed by atoms with van der Waals surface area (Å²) in [6.45, 7) is 1.39. The van der Waals surface area contributed by atoms with Gasteiger partial charge in [0.15, 0.2) is 9.84 Å². The Hall–Kier alpha value is -4.91. The number of para-hydroxylation sites is 2. The number of hydrogen-bond donors (Lipinski definition) is 1. The van der Waals surface area contributed by atoms with Crippen molar-refractivity contribution in [1.29, 1.82) is 0 Å². The van der Waals surface area contributed by atoms with E-state index in [2.05, 4.69) is 20.3 Å². The number of rotatable bonds is 9. The van der Waals surface area contributed by atoms with Gasteiger partial charge in [-0.2, -0.15) is 4.98 Å². The molecule has 0 spiro atoms. The van der Waals surface area contributed by atoms with E-state index in [-0.39, 0.29) is 30.0 Å². The molecule has 0 aliphatic carbocycles. The van der Waals surface area contributed by atoms with Crippen LogP contribution in [0.15, 0.2) is 79.0 Å². The third-order valence-electron chi connectivity index (χ3n) is 6.30. The Morgan fingerprint density at radius 2 is 1.79 bits per heavy atom. The lowest BCUT2D eigenvalue weighted by molar-refractivity contribution is -0.116.